The lowest BCUT2D eigenvalue weighted by Gasteiger charge is -2.40. The molecule has 1 fully saturated rings. The number of methoxy groups -OCH3 is 3. The van der Waals surface area contributed by atoms with Gasteiger partial charge in [0.25, 0.3) is 0 Å². The highest BCUT2D eigenvalue weighted by Gasteiger charge is 2.73. The number of hydrogen-bond acceptors (Lipinski definition) is 6. The van der Waals surface area contributed by atoms with Gasteiger partial charge >= 0.3 is 0 Å². The van der Waals surface area contributed by atoms with E-state index in [0.717, 1.165) is 0 Å². The van der Waals surface area contributed by atoms with Crippen molar-refractivity contribution in [1.29, 1.82) is 0 Å². The van der Waals surface area contributed by atoms with Crippen molar-refractivity contribution in [2.45, 2.75) is 29.6 Å². The van der Waals surface area contributed by atoms with Crippen molar-refractivity contribution in [1.82, 2.24) is 0 Å². The summed E-state index contributed by atoms with van der Waals surface area (Å²) in [6, 6.07) is 16.6. The Balaban J connectivity index is 1.81. The summed E-state index contributed by atoms with van der Waals surface area (Å²) in [6.07, 6.45) is -1.06. The van der Waals surface area contributed by atoms with Gasteiger partial charge in [0.05, 0.1) is 33.0 Å². The fraction of sp³-hybridized carbons (Fsp3) is 0.308. The van der Waals surface area contributed by atoms with E-state index in [4.69, 9.17) is 18.9 Å². The summed E-state index contributed by atoms with van der Waals surface area (Å²) < 4.78 is 37.1. The average molecular weight is 452 g/mol. The predicted octanol–water partition coefficient (Wildman–Crippen LogP) is 3.88. The van der Waals surface area contributed by atoms with Crippen LogP contribution in [0.3, 0.4) is 0 Å². The molecular formula is C26H25FO6. The third-order valence-corrected chi connectivity index (χ3v) is 6.92. The van der Waals surface area contributed by atoms with E-state index < -0.39 is 29.0 Å². The molecule has 1 saturated carbocycles. The van der Waals surface area contributed by atoms with Crippen molar-refractivity contribution >= 4 is 0 Å². The normalized spacial score (nSPS) is 27.5. The van der Waals surface area contributed by atoms with Crippen LogP contribution in [0.1, 0.15) is 29.0 Å². The van der Waals surface area contributed by atoms with Crippen LogP contribution in [-0.2, 0) is 11.2 Å². The zero-order valence-electron chi connectivity index (χ0n) is 18.5. The summed E-state index contributed by atoms with van der Waals surface area (Å²) in [7, 11) is 4.57. The first-order valence-electron chi connectivity index (χ1n) is 10.6. The molecule has 33 heavy (non-hydrogen) atoms. The number of benzene rings is 3. The third-order valence-electron chi connectivity index (χ3n) is 6.92. The average Bonchev–Trinajstić information content (AvgIpc) is 3.23. The quantitative estimate of drug-likeness (QED) is 0.612. The van der Waals surface area contributed by atoms with Gasteiger partial charge in [-0.15, -0.1) is 0 Å². The minimum absolute atomic E-state index is 0.153. The van der Waals surface area contributed by atoms with E-state index in [9.17, 15) is 14.6 Å². The summed E-state index contributed by atoms with van der Waals surface area (Å²) in [6.45, 7) is 0. The molecule has 2 N–H and O–H groups in total. The molecule has 5 rings (SSSR count). The van der Waals surface area contributed by atoms with Gasteiger partial charge in [0.2, 0.25) is 0 Å². The molecule has 0 aromatic heterocycles. The monoisotopic (exact) mass is 452 g/mol. The van der Waals surface area contributed by atoms with Crippen LogP contribution in [0.25, 0.3) is 0 Å². The Bertz CT molecular complexity index is 1200. The van der Waals surface area contributed by atoms with Gasteiger partial charge in [-0.1, -0.05) is 24.3 Å². The standard InChI is InChI=1S/C26H25FO6/c1-30-18-9-7-16(8-10-18)26-20(15-5-4-6-17(27)11-15)14-23(28)25(26,29)24-21(32-3)12-19(31-2)13-22(24)33-26/h4-13,20,23,28-29H,14H2,1-3H3/t20-,23-,25+,26-/m0/s1. The first-order valence-corrected chi connectivity index (χ1v) is 10.6. The molecule has 3 aromatic carbocycles. The molecule has 0 amide bonds. The molecule has 0 bridgehead atoms. The molecule has 1 aliphatic heterocycles. The maximum absolute atomic E-state index is 14.2. The number of aliphatic hydroxyl groups is 2. The van der Waals surface area contributed by atoms with Crippen molar-refractivity contribution in [3.05, 3.63) is 83.2 Å². The molecular weight excluding hydrogens is 427 g/mol. The third kappa shape index (κ3) is 2.85. The van der Waals surface area contributed by atoms with Crippen LogP contribution in [-0.4, -0.2) is 37.6 Å². The lowest BCUT2D eigenvalue weighted by Crippen LogP contribution is -2.52. The number of aliphatic hydroxyl groups excluding tert-OH is 1. The van der Waals surface area contributed by atoms with Gasteiger partial charge in [-0.05, 0) is 41.8 Å². The van der Waals surface area contributed by atoms with Crippen LogP contribution in [0.15, 0.2) is 60.7 Å². The van der Waals surface area contributed by atoms with Crippen LogP contribution < -0.4 is 18.9 Å². The Labute approximate surface area is 191 Å². The number of hydrogen-bond donors (Lipinski definition) is 2. The van der Waals surface area contributed by atoms with Crippen LogP contribution in [0.2, 0.25) is 0 Å². The summed E-state index contributed by atoms with van der Waals surface area (Å²) >= 11 is 0. The second-order valence-electron chi connectivity index (χ2n) is 8.39. The van der Waals surface area contributed by atoms with E-state index in [0.29, 0.717) is 39.7 Å². The molecule has 172 valence electrons. The van der Waals surface area contributed by atoms with E-state index in [1.807, 2.05) is 0 Å². The van der Waals surface area contributed by atoms with Crippen molar-refractivity contribution in [2.24, 2.45) is 0 Å². The zero-order chi connectivity index (χ0) is 23.4. The minimum Gasteiger partial charge on any atom is -0.497 e. The maximum atomic E-state index is 14.2. The minimum atomic E-state index is -1.87. The fourth-order valence-electron chi connectivity index (χ4n) is 5.46. The molecule has 1 heterocycles. The predicted molar refractivity (Wildman–Crippen MR) is 119 cm³/mol. The Morgan fingerprint density at radius 1 is 0.939 bits per heavy atom. The van der Waals surface area contributed by atoms with Gasteiger partial charge < -0.3 is 29.2 Å². The number of ether oxygens (including phenoxy) is 4. The molecule has 0 spiro atoms. The van der Waals surface area contributed by atoms with Crippen LogP contribution in [0.4, 0.5) is 4.39 Å². The summed E-state index contributed by atoms with van der Waals surface area (Å²) in [5.41, 5.74) is -1.75. The Hall–Kier alpha value is -3.29. The lowest BCUT2D eigenvalue weighted by molar-refractivity contribution is -0.150. The summed E-state index contributed by atoms with van der Waals surface area (Å²) in [4.78, 5) is 0. The fourth-order valence-corrected chi connectivity index (χ4v) is 5.46. The molecule has 3 aromatic rings. The van der Waals surface area contributed by atoms with Gasteiger partial charge in [-0.25, -0.2) is 4.39 Å². The van der Waals surface area contributed by atoms with Crippen molar-refractivity contribution in [3.8, 4) is 23.0 Å². The highest BCUT2D eigenvalue weighted by molar-refractivity contribution is 5.62. The lowest BCUT2D eigenvalue weighted by atomic mass is 9.71. The first kappa shape index (κ1) is 21.6. The molecule has 4 atom stereocenters. The SMILES string of the molecule is COc1ccc([C@@]23Oc4cc(OC)cc(OC)c4[C@]2(O)[C@@H](O)C[C@H]3c2cccc(F)c2)cc1. The van der Waals surface area contributed by atoms with Gasteiger partial charge in [-0.2, -0.15) is 0 Å². The Kier molecular flexibility index (Phi) is 4.99. The van der Waals surface area contributed by atoms with E-state index in [1.165, 1.54) is 26.4 Å². The molecule has 7 heteroatoms. The van der Waals surface area contributed by atoms with Crippen molar-refractivity contribution in [2.75, 3.05) is 21.3 Å². The van der Waals surface area contributed by atoms with Gasteiger partial charge in [0.15, 0.2) is 11.2 Å². The summed E-state index contributed by atoms with van der Waals surface area (Å²) in [5.74, 6) is 0.817. The van der Waals surface area contributed by atoms with Crippen molar-refractivity contribution in [3.63, 3.8) is 0 Å². The first-order chi connectivity index (χ1) is 15.9. The van der Waals surface area contributed by atoms with Crippen LogP contribution in [0, 0.1) is 5.82 Å². The maximum Gasteiger partial charge on any atom is 0.176 e. The van der Waals surface area contributed by atoms with Crippen molar-refractivity contribution < 1.29 is 33.6 Å². The molecule has 0 saturated heterocycles. The highest BCUT2D eigenvalue weighted by atomic mass is 19.1. The second-order valence-corrected chi connectivity index (χ2v) is 8.39. The molecule has 2 aliphatic rings. The second kappa shape index (κ2) is 7.64. The van der Waals surface area contributed by atoms with Gasteiger partial charge in [-0.3, -0.25) is 0 Å². The number of rotatable bonds is 5. The van der Waals surface area contributed by atoms with Gasteiger partial charge in [0, 0.05) is 18.1 Å². The highest BCUT2D eigenvalue weighted by Crippen LogP contribution is 2.68. The van der Waals surface area contributed by atoms with Gasteiger partial charge in [0.1, 0.15) is 28.8 Å². The van der Waals surface area contributed by atoms with Crippen LogP contribution >= 0.6 is 0 Å². The molecule has 0 radical (unpaired) electrons. The van der Waals surface area contributed by atoms with E-state index in [1.54, 1.807) is 55.6 Å². The Morgan fingerprint density at radius 2 is 1.67 bits per heavy atom. The largest absolute Gasteiger partial charge is 0.497 e. The zero-order valence-corrected chi connectivity index (χ0v) is 18.5. The van der Waals surface area contributed by atoms with E-state index in [-0.39, 0.29) is 6.42 Å². The topological polar surface area (TPSA) is 77.4 Å². The number of fused-ring (bicyclic) bond motifs is 3. The molecule has 0 unspecified atom stereocenters. The smallest absolute Gasteiger partial charge is 0.176 e. The molecule has 1 aliphatic carbocycles. The van der Waals surface area contributed by atoms with E-state index >= 15 is 0 Å². The summed E-state index contributed by atoms with van der Waals surface area (Å²) in [5, 5.41) is 23.7. The van der Waals surface area contributed by atoms with Crippen LogP contribution in [0.5, 0.6) is 23.0 Å². The number of halogens is 1. The molecule has 6 nitrogen and oxygen atoms in total. The Morgan fingerprint density at radius 3 is 2.30 bits per heavy atom. The van der Waals surface area contributed by atoms with E-state index in [2.05, 4.69) is 0 Å².